The maximum Gasteiger partial charge on any atom is 0.163 e. The SMILES string of the molecule is Cc1nn(CCO)c2ncnc(N)c12. The molecule has 0 aliphatic heterocycles. The minimum atomic E-state index is 0.0279. The lowest BCUT2D eigenvalue weighted by Gasteiger charge is -1.98. The van der Waals surface area contributed by atoms with E-state index in [1.54, 1.807) is 4.68 Å². The molecular formula is C8H11N5O. The second-order valence-electron chi connectivity index (χ2n) is 2.99. The van der Waals surface area contributed by atoms with Gasteiger partial charge in [0.1, 0.15) is 12.1 Å². The first kappa shape index (κ1) is 8.89. The Morgan fingerprint density at radius 2 is 2.29 bits per heavy atom. The third-order valence-corrected chi connectivity index (χ3v) is 2.05. The maximum atomic E-state index is 8.82. The van der Waals surface area contributed by atoms with Crippen LogP contribution in [0.1, 0.15) is 5.69 Å². The molecule has 0 amide bonds. The van der Waals surface area contributed by atoms with Crippen LogP contribution in [0.3, 0.4) is 0 Å². The van der Waals surface area contributed by atoms with Crippen LogP contribution in [-0.4, -0.2) is 31.5 Å². The Morgan fingerprint density at radius 3 is 3.00 bits per heavy atom. The highest BCUT2D eigenvalue weighted by Gasteiger charge is 2.10. The summed E-state index contributed by atoms with van der Waals surface area (Å²) in [6.07, 6.45) is 1.40. The number of nitrogen functional groups attached to an aromatic ring is 1. The van der Waals surface area contributed by atoms with E-state index >= 15 is 0 Å². The fraction of sp³-hybridized carbons (Fsp3) is 0.375. The Balaban J connectivity index is 2.71. The van der Waals surface area contributed by atoms with Gasteiger partial charge in [-0.3, -0.25) is 0 Å². The summed E-state index contributed by atoms with van der Waals surface area (Å²) >= 11 is 0. The Bertz CT molecular complexity index is 464. The summed E-state index contributed by atoms with van der Waals surface area (Å²) in [5, 5.41) is 13.8. The highest BCUT2D eigenvalue weighted by Crippen LogP contribution is 2.19. The number of rotatable bonds is 2. The lowest BCUT2D eigenvalue weighted by Crippen LogP contribution is -2.05. The Hall–Kier alpha value is -1.69. The van der Waals surface area contributed by atoms with Gasteiger partial charge < -0.3 is 10.8 Å². The lowest BCUT2D eigenvalue weighted by molar-refractivity contribution is 0.271. The molecule has 0 saturated carbocycles. The molecule has 0 bridgehead atoms. The van der Waals surface area contributed by atoms with Gasteiger partial charge in [0.25, 0.3) is 0 Å². The van der Waals surface area contributed by atoms with Crippen LogP contribution in [0, 0.1) is 6.92 Å². The van der Waals surface area contributed by atoms with Crippen LogP contribution in [0.4, 0.5) is 5.82 Å². The zero-order valence-electron chi connectivity index (χ0n) is 7.80. The second-order valence-corrected chi connectivity index (χ2v) is 2.99. The van der Waals surface area contributed by atoms with Crippen molar-refractivity contribution in [2.24, 2.45) is 0 Å². The van der Waals surface area contributed by atoms with Crippen LogP contribution >= 0.6 is 0 Å². The van der Waals surface area contributed by atoms with E-state index in [9.17, 15) is 0 Å². The van der Waals surface area contributed by atoms with Gasteiger partial charge in [-0.25, -0.2) is 14.6 Å². The molecule has 14 heavy (non-hydrogen) atoms. The van der Waals surface area contributed by atoms with E-state index in [2.05, 4.69) is 15.1 Å². The minimum absolute atomic E-state index is 0.0279. The number of anilines is 1. The maximum absolute atomic E-state index is 8.82. The number of aliphatic hydroxyl groups excluding tert-OH is 1. The number of nitrogens with zero attached hydrogens (tertiary/aromatic N) is 4. The summed E-state index contributed by atoms with van der Waals surface area (Å²) < 4.78 is 1.63. The highest BCUT2D eigenvalue weighted by molar-refractivity contribution is 5.87. The quantitative estimate of drug-likeness (QED) is 0.684. The predicted molar refractivity (Wildman–Crippen MR) is 51.6 cm³/mol. The first-order valence-electron chi connectivity index (χ1n) is 4.28. The summed E-state index contributed by atoms with van der Waals surface area (Å²) in [6.45, 7) is 2.29. The molecule has 3 N–H and O–H groups in total. The van der Waals surface area contributed by atoms with E-state index in [1.807, 2.05) is 6.92 Å². The molecule has 2 aromatic heterocycles. The minimum Gasteiger partial charge on any atom is -0.394 e. The van der Waals surface area contributed by atoms with Crippen molar-refractivity contribution >= 4 is 16.9 Å². The molecule has 0 saturated heterocycles. The number of aliphatic hydroxyl groups is 1. The number of hydrogen-bond donors (Lipinski definition) is 2. The van der Waals surface area contributed by atoms with Gasteiger partial charge in [0.2, 0.25) is 0 Å². The average Bonchev–Trinajstić information content (AvgIpc) is 2.46. The number of fused-ring (bicyclic) bond motifs is 1. The largest absolute Gasteiger partial charge is 0.394 e. The number of aromatic nitrogens is 4. The molecule has 2 rings (SSSR count). The Labute approximate surface area is 80.4 Å². The summed E-state index contributed by atoms with van der Waals surface area (Å²) in [7, 11) is 0. The molecule has 0 unspecified atom stereocenters. The molecule has 2 aromatic rings. The van der Waals surface area contributed by atoms with Gasteiger partial charge in [0.15, 0.2) is 5.65 Å². The summed E-state index contributed by atoms with van der Waals surface area (Å²) in [5.41, 5.74) is 7.15. The van der Waals surface area contributed by atoms with E-state index in [1.165, 1.54) is 6.33 Å². The van der Waals surface area contributed by atoms with Crippen molar-refractivity contribution in [3.63, 3.8) is 0 Å². The molecule has 0 radical (unpaired) electrons. The zero-order valence-corrected chi connectivity index (χ0v) is 7.80. The van der Waals surface area contributed by atoms with Crippen molar-refractivity contribution in [3.05, 3.63) is 12.0 Å². The molecule has 6 heteroatoms. The summed E-state index contributed by atoms with van der Waals surface area (Å²) in [5.74, 6) is 0.427. The molecule has 6 nitrogen and oxygen atoms in total. The van der Waals surface area contributed by atoms with Gasteiger partial charge in [0, 0.05) is 0 Å². The predicted octanol–water partition coefficient (Wildman–Crippen LogP) is -0.291. The van der Waals surface area contributed by atoms with Crippen LogP contribution in [0.2, 0.25) is 0 Å². The molecule has 74 valence electrons. The van der Waals surface area contributed by atoms with Gasteiger partial charge in [0.05, 0.1) is 24.2 Å². The van der Waals surface area contributed by atoms with Crippen LogP contribution < -0.4 is 5.73 Å². The third-order valence-electron chi connectivity index (χ3n) is 2.05. The summed E-state index contributed by atoms with van der Waals surface area (Å²) in [4.78, 5) is 7.97. The fourth-order valence-electron chi connectivity index (χ4n) is 1.46. The van der Waals surface area contributed by atoms with E-state index in [4.69, 9.17) is 10.8 Å². The number of nitrogens with two attached hydrogens (primary N) is 1. The summed E-state index contributed by atoms with van der Waals surface area (Å²) in [6, 6.07) is 0. The van der Waals surface area contributed by atoms with Crippen LogP contribution in [0.15, 0.2) is 6.33 Å². The van der Waals surface area contributed by atoms with Gasteiger partial charge in [-0.05, 0) is 6.92 Å². The van der Waals surface area contributed by atoms with Gasteiger partial charge >= 0.3 is 0 Å². The van der Waals surface area contributed by atoms with Gasteiger partial charge in [-0.1, -0.05) is 0 Å². The van der Waals surface area contributed by atoms with Crippen molar-refractivity contribution in [2.75, 3.05) is 12.3 Å². The lowest BCUT2D eigenvalue weighted by atomic mass is 10.3. The highest BCUT2D eigenvalue weighted by atomic mass is 16.3. The van der Waals surface area contributed by atoms with E-state index in [-0.39, 0.29) is 6.61 Å². The molecule has 0 aromatic carbocycles. The second kappa shape index (κ2) is 3.22. The first-order chi connectivity index (χ1) is 6.74. The van der Waals surface area contributed by atoms with E-state index in [0.29, 0.717) is 18.0 Å². The topological polar surface area (TPSA) is 89.8 Å². The van der Waals surface area contributed by atoms with E-state index < -0.39 is 0 Å². The Morgan fingerprint density at radius 1 is 1.50 bits per heavy atom. The zero-order chi connectivity index (χ0) is 10.1. The van der Waals surface area contributed by atoms with Crippen molar-refractivity contribution in [3.8, 4) is 0 Å². The van der Waals surface area contributed by atoms with Gasteiger partial charge in [-0.2, -0.15) is 5.10 Å². The van der Waals surface area contributed by atoms with Crippen molar-refractivity contribution in [2.45, 2.75) is 13.5 Å². The van der Waals surface area contributed by atoms with Crippen molar-refractivity contribution in [1.29, 1.82) is 0 Å². The fourth-order valence-corrected chi connectivity index (χ4v) is 1.46. The molecule has 0 fully saturated rings. The van der Waals surface area contributed by atoms with Crippen LogP contribution in [0.5, 0.6) is 0 Å². The molecule has 0 aliphatic carbocycles. The first-order valence-corrected chi connectivity index (χ1v) is 4.28. The molecule has 0 atom stereocenters. The average molecular weight is 193 g/mol. The normalized spacial score (nSPS) is 11.0. The molecule has 2 heterocycles. The van der Waals surface area contributed by atoms with E-state index in [0.717, 1.165) is 11.1 Å². The molecule has 0 spiro atoms. The number of aryl methyl sites for hydroxylation is 1. The Kier molecular flexibility index (Phi) is 2.05. The standard InChI is InChI=1S/C8H11N5O/c1-5-6-7(9)10-4-11-8(6)13(12-5)2-3-14/h4,14H,2-3H2,1H3,(H2,9,10,11). The number of hydrogen-bond acceptors (Lipinski definition) is 5. The van der Waals surface area contributed by atoms with Crippen molar-refractivity contribution in [1.82, 2.24) is 19.7 Å². The molecule has 0 aliphatic rings. The molecular weight excluding hydrogens is 182 g/mol. The van der Waals surface area contributed by atoms with Gasteiger partial charge in [-0.15, -0.1) is 0 Å². The van der Waals surface area contributed by atoms with Crippen molar-refractivity contribution < 1.29 is 5.11 Å². The third kappa shape index (κ3) is 1.20. The van der Waals surface area contributed by atoms with Crippen LogP contribution in [-0.2, 0) is 6.54 Å². The smallest absolute Gasteiger partial charge is 0.163 e. The monoisotopic (exact) mass is 193 g/mol. The van der Waals surface area contributed by atoms with Crippen LogP contribution in [0.25, 0.3) is 11.0 Å².